The summed E-state index contributed by atoms with van der Waals surface area (Å²) in [4.78, 5) is 0. The molecule has 0 saturated carbocycles. The van der Waals surface area contributed by atoms with Crippen molar-refractivity contribution < 1.29 is 9.94 Å². The minimum Gasteiger partial charge on any atom is -0.497 e. The van der Waals surface area contributed by atoms with E-state index in [1.165, 1.54) is 0 Å². The number of benzene rings is 1. The van der Waals surface area contributed by atoms with Crippen molar-refractivity contribution in [2.24, 2.45) is 10.9 Å². The van der Waals surface area contributed by atoms with Gasteiger partial charge < -0.3 is 21.0 Å². The minimum absolute atomic E-state index is 0.107. The Hall–Kier alpha value is -1.75. The van der Waals surface area contributed by atoms with Crippen LogP contribution < -0.4 is 15.8 Å². The van der Waals surface area contributed by atoms with Gasteiger partial charge in [-0.1, -0.05) is 17.3 Å². The van der Waals surface area contributed by atoms with Gasteiger partial charge >= 0.3 is 0 Å². The lowest BCUT2D eigenvalue weighted by Crippen LogP contribution is -2.30. The molecule has 0 heterocycles. The van der Waals surface area contributed by atoms with Gasteiger partial charge in [0.2, 0.25) is 0 Å². The van der Waals surface area contributed by atoms with Gasteiger partial charge in [-0.05, 0) is 24.6 Å². The third-order valence-corrected chi connectivity index (χ3v) is 2.31. The van der Waals surface area contributed by atoms with Gasteiger partial charge in [-0.3, -0.25) is 0 Å². The van der Waals surface area contributed by atoms with E-state index in [1.54, 1.807) is 7.11 Å². The lowest BCUT2D eigenvalue weighted by molar-refractivity contribution is 0.316. The number of rotatable bonds is 5. The van der Waals surface area contributed by atoms with E-state index in [2.05, 4.69) is 10.5 Å². The molecule has 1 aromatic rings. The second-order valence-corrected chi connectivity index (χ2v) is 3.47. The Bertz CT molecular complexity index is 366. The fourth-order valence-electron chi connectivity index (χ4n) is 1.32. The molecule has 0 unspecified atom stereocenters. The Labute approximate surface area is 94.9 Å². The molecule has 5 heteroatoms. The minimum atomic E-state index is 0.107. The molecule has 0 saturated heterocycles. The summed E-state index contributed by atoms with van der Waals surface area (Å²) in [5, 5.41) is 14.4. The maximum atomic E-state index is 8.40. The largest absolute Gasteiger partial charge is 0.497 e. The zero-order valence-corrected chi connectivity index (χ0v) is 9.47. The molecule has 5 nitrogen and oxygen atoms in total. The molecule has 88 valence electrons. The van der Waals surface area contributed by atoms with Crippen LogP contribution in [0, 0.1) is 0 Å². The normalized spacial score (nSPS) is 13.5. The highest BCUT2D eigenvalue weighted by Crippen LogP contribution is 2.18. The first-order chi connectivity index (χ1) is 7.67. The average molecular weight is 223 g/mol. The number of nitrogens with two attached hydrogens (primary N) is 1. The van der Waals surface area contributed by atoms with Crippen molar-refractivity contribution in [2.75, 3.05) is 13.7 Å². The molecule has 1 aromatic carbocycles. The maximum Gasteiger partial charge on any atom is 0.153 e. The first kappa shape index (κ1) is 12.3. The number of hydrogen-bond donors (Lipinski definition) is 3. The highest BCUT2D eigenvalue weighted by Gasteiger charge is 2.06. The van der Waals surface area contributed by atoms with E-state index >= 15 is 0 Å². The van der Waals surface area contributed by atoms with E-state index in [0.29, 0.717) is 6.54 Å². The van der Waals surface area contributed by atoms with E-state index in [-0.39, 0.29) is 11.9 Å². The molecule has 0 aromatic heterocycles. The molecule has 1 rings (SSSR count). The second-order valence-electron chi connectivity index (χ2n) is 3.47. The zero-order chi connectivity index (χ0) is 12.0. The number of hydrogen-bond acceptors (Lipinski definition) is 4. The molecule has 0 amide bonds. The molecule has 0 aliphatic heterocycles. The lowest BCUT2D eigenvalue weighted by atomic mass is 10.1. The zero-order valence-electron chi connectivity index (χ0n) is 9.47. The first-order valence-corrected chi connectivity index (χ1v) is 5.01. The number of ether oxygens (including phenoxy) is 1. The van der Waals surface area contributed by atoms with Crippen molar-refractivity contribution in [3.63, 3.8) is 0 Å². The third-order valence-electron chi connectivity index (χ3n) is 2.31. The second kappa shape index (κ2) is 5.97. The van der Waals surface area contributed by atoms with Crippen LogP contribution >= 0.6 is 0 Å². The van der Waals surface area contributed by atoms with E-state index in [1.807, 2.05) is 31.2 Å². The van der Waals surface area contributed by atoms with Gasteiger partial charge in [0, 0.05) is 6.04 Å². The van der Waals surface area contributed by atoms with Crippen molar-refractivity contribution in [3.8, 4) is 5.75 Å². The first-order valence-electron chi connectivity index (χ1n) is 5.01. The van der Waals surface area contributed by atoms with Crippen LogP contribution in [0.1, 0.15) is 18.5 Å². The number of oxime groups is 1. The summed E-state index contributed by atoms with van der Waals surface area (Å²) >= 11 is 0. The topological polar surface area (TPSA) is 79.9 Å². The lowest BCUT2D eigenvalue weighted by Gasteiger charge is -2.14. The van der Waals surface area contributed by atoms with Gasteiger partial charge in [0.25, 0.3) is 0 Å². The summed E-state index contributed by atoms with van der Waals surface area (Å²) in [6.07, 6.45) is 0. The van der Waals surface area contributed by atoms with Crippen LogP contribution in [0.5, 0.6) is 5.75 Å². The molecular formula is C11H17N3O2. The molecule has 16 heavy (non-hydrogen) atoms. The van der Waals surface area contributed by atoms with Gasteiger partial charge in [-0.25, -0.2) is 0 Å². The summed E-state index contributed by atoms with van der Waals surface area (Å²) in [5.41, 5.74) is 6.46. The van der Waals surface area contributed by atoms with Crippen LogP contribution in [0.15, 0.2) is 29.4 Å². The predicted molar refractivity (Wildman–Crippen MR) is 62.8 cm³/mol. The fourth-order valence-corrected chi connectivity index (χ4v) is 1.32. The maximum absolute atomic E-state index is 8.40. The predicted octanol–water partition coefficient (Wildman–Crippen LogP) is 1.09. The summed E-state index contributed by atoms with van der Waals surface area (Å²) in [5.74, 6) is 0.977. The highest BCUT2D eigenvalue weighted by molar-refractivity contribution is 5.81. The summed E-state index contributed by atoms with van der Waals surface area (Å²) < 4.78 is 5.14. The Balaban J connectivity index is 2.61. The molecule has 0 aliphatic carbocycles. The molecule has 0 radical (unpaired) electrons. The number of nitrogens with zero attached hydrogens (tertiary/aromatic N) is 1. The van der Waals surface area contributed by atoms with E-state index in [0.717, 1.165) is 11.3 Å². The van der Waals surface area contributed by atoms with Crippen molar-refractivity contribution in [3.05, 3.63) is 29.8 Å². The van der Waals surface area contributed by atoms with Crippen molar-refractivity contribution >= 4 is 5.84 Å². The van der Waals surface area contributed by atoms with Crippen LogP contribution in [-0.2, 0) is 0 Å². The van der Waals surface area contributed by atoms with Gasteiger partial charge in [-0.15, -0.1) is 0 Å². The SMILES string of the molecule is COc1cccc([C@@H](C)NC/C(N)=N/O)c1. The Kier molecular flexibility index (Phi) is 4.60. The monoisotopic (exact) mass is 223 g/mol. The Morgan fingerprint density at radius 3 is 3.00 bits per heavy atom. The van der Waals surface area contributed by atoms with Gasteiger partial charge in [0.05, 0.1) is 13.7 Å². The Morgan fingerprint density at radius 2 is 2.38 bits per heavy atom. The van der Waals surface area contributed by atoms with Crippen LogP contribution in [-0.4, -0.2) is 24.7 Å². The number of amidine groups is 1. The summed E-state index contributed by atoms with van der Waals surface area (Å²) in [7, 11) is 1.63. The number of methoxy groups -OCH3 is 1. The van der Waals surface area contributed by atoms with E-state index in [9.17, 15) is 0 Å². The van der Waals surface area contributed by atoms with Gasteiger partial charge in [0.1, 0.15) is 5.75 Å². The fraction of sp³-hybridized carbons (Fsp3) is 0.364. The molecule has 1 atom stereocenters. The van der Waals surface area contributed by atoms with Gasteiger partial charge in [-0.2, -0.15) is 0 Å². The van der Waals surface area contributed by atoms with Crippen molar-refractivity contribution in [1.82, 2.24) is 5.32 Å². The third kappa shape index (κ3) is 3.43. The standard InChI is InChI=1S/C11H17N3O2/c1-8(13-7-11(12)14-15)9-4-3-5-10(6-9)16-2/h3-6,8,13,15H,7H2,1-2H3,(H2,12,14)/t8-/m1/s1. The summed E-state index contributed by atoms with van der Waals surface area (Å²) in [6.45, 7) is 2.34. The highest BCUT2D eigenvalue weighted by atomic mass is 16.5. The molecular weight excluding hydrogens is 206 g/mol. The molecule has 0 bridgehead atoms. The van der Waals surface area contributed by atoms with Crippen molar-refractivity contribution in [1.29, 1.82) is 0 Å². The van der Waals surface area contributed by atoms with Crippen LogP contribution in [0.2, 0.25) is 0 Å². The summed E-state index contributed by atoms with van der Waals surface area (Å²) in [6, 6.07) is 7.86. The number of nitrogens with one attached hydrogen (secondary N) is 1. The molecule has 0 spiro atoms. The van der Waals surface area contributed by atoms with E-state index in [4.69, 9.17) is 15.7 Å². The molecule has 4 N–H and O–H groups in total. The van der Waals surface area contributed by atoms with Crippen LogP contribution in [0.4, 0.5) is 0 Å². The quantitative estimate of drug-likeness (QED) is 0.302. The van der Waals surface area contributed by atoms with E-state index < -0.39 is 0 Å². The average Bonchev–Trinajstić information content (AvgIpc) is 2.35. The van der Waals surface area contributed by atoms with Gasteiger partial charge in [0.15, 0.2) is 5.84 Å². The molecule has 0 aliphatic rings. The smallest absolute Gasteiger partial charge is 0.153 e. The van der Waals surface area contributed by atoms with Crippen LogP contribution in [0.25, 0.3) is 0 Å². The van der Waals surface area contributed by atoms with Crippen LogP contribution in [0.3, 0.4) is 0 Å². The Morgan fingerprint density at radius 1 is 1.62 bits per heavy atom. The van der Waals surface area contributed by atoms with Crippen molar-refractivity contribution in [2.45, 2.75) is 13.0 Å². The molecule has 0 fully saturated rings.